The molecular weight excluding hydrogens is 411 g/mol. The van der Waals surface area contributed by atoms with Gasteiger partial charge in [0.1, 0.15) is 7.85 Å². The van der Waals surface area contributed by atoms with Gasteiger partial charge in [0, 0.05) is 47.7 Å². The van der Waals surface area contributed by atoms with E-state index >= 15 is 0 Å². The van der Waals surface area contributed by atoms with E-state index < -0.39 is 0 Å². The summed E-state index contributed by atoms with van der Waals surface area (Å²) in [4.78, 5) is 33.2. The SMILES string of the molecule is Bc1cc(C(=O)NCc2c(C)cc(C)[nH]c2=O)c(C)c(N(CC)[C@H]2CC[C@H](N(C)C)CC2)c1. The average Bonchev–Trinajstić information content (AvgIpc) is 2.75. The van der Waals surface area contributed by atoms with Crippen molar-refractivity contribution < 1.29 is 4.79 Å². The van der Waals surface area contributed by atoms with Gasteiger partial charge in [-0.15, -0.1) is 0 Å². The third kappa shape index (κ3) is 5.70. The molecule has 1 aliphatic carbocycles. The van der Waals surface area contributed by atoms with Crippen LogP contribution in [-0.2, 0) is 6.54 Å². The molecular formula is C26H39BN4O2. The monoisotopic (exact) mass is 450 g/mol. The van der Waals surface area contributed by atoms with Crippen molar-refractivity contribution in [1.29, 1.82) is 0 Å². The maximum Gasteiger partial charge on any atom is 0.253 e. The first-order valence-corrected chi connectivity index (χ1v) is 12.1. The number of hydrogen-bond acceptors (Lipinski definition) is 4. The molecule has 0 saturated heterocycles. The number of nitrogens with one attached hydrogen (secondary N) is 2. The number of pyridine rings is 1. The van der Waals surface area contributed by atoms with E-state index in [2.05, 4.69) is 47.2 Å². The number of rotatable bonds is 7. The van der Waals surface area contributed by atoms with Crippen LogP contribution in [0.2, 0.25) is 0 Å². The van der Waals surface area contributed by atoms with Crippen molar-refractivity contribution in [3.8, 4) is 0 Å². The van der Waals surface area contributed by atoms with Crippen molar-refractivity contribution in [3.05, 3.63) is 56.5 Å². The topological polar surface area (TPSA) is 68.4 Å². The molecule has 2 N–H and O–H groups in total. The maximum atomic E-state index is 13.2. The third-order valence-corrected chi connectivity index (χ3v) is 7.18. The predicted octanol–water partition coefficient (Wildman–Crippen LogP) is 2.19. The van der Waals surface area contributed by atoms with E-state index in [1.807, 2.05) is 40.8 Å². The normalized spacial score (nSPS) is 18.4. The number of H-pyrrole nitrogens is 1. The van der Waals surface area contributed by atoms with E-state index in [-0.39, 0.29) is 18.0 Å². The highest BCUT2D eigenvalue weighted by molar-refractivity contribution is 6.33. The number of carbonyl (C=O) groups is 1. The van der Waals surface area contributed by atoms with Crippen LogP contribution in [0, 0.1) is 20.8 Å². The zero-order chi connectivity index (χ0) is 24.3. The lowest BCUT2D eigenvalue weighted by Crippen LogP contribution is -2.43. The quantitative estimate of drug-likeness (QED) is 0.635. The molecule has 2 aromatic rings. The molecule has 6 nitrogen and oxygen atoms in total. The molecule has 1 aliphatic rings. The molecule has 1 aromatic heterocycles. The largest absolute Gasteiger partial charge is 0.369 e. The Morgan fingerprint density at radius 3 is 2.30 bits per heavy atom. The van der Waals surface area contributed by atoms with Gasteiger partial charge < -0.3 is 20.1 Å². The van der Waals surface area contributed by atoms with Crippen LogP contribution in [0.1, 0.15) is 65.3 Å². The number of aromatic nitrogens is 1. The zero-order valence-electron chi connectivity index (χ0n) is 21.3. The second-order valence-electron chi connectivity index (χ2n) is 9.79. The van der Waals surface area contributed by atoms with E-state index in [1.165, 1.54) is 25.7 Å². The van der Waals surface area contributed by atoms with Gasteiger partial charge in [-0.25, -0.2) is 0 Å². The Morgan fingerprint density at radius 1 is 1.09 bits per heavy atom. The summed E-state index contributed by atoms with van der Waals surface area (Å²) in [6.45, 7) is 9.15. The molecule has 3 rings (SSSR count). The Kier molecular flexibility index (Phi) is 8.06. The van der Waals surface area contributed by atoms with Crippen molar-refractivity contribution in [2.45, 2.75) is 72.0 Å². The summed E-state index contributed by atoms with van der Waals surface area (Å²) < 4.78 is 0. The maximum absolute atomic E-state index is 13.2. The Hall–Kier alpha value is -2.54. The summed E-state index contributed by atoms with van der Waals surface area (Å²) in [6.07, 6.45) is 4.75. The molecule has 178 valence electrons. The number of anilines is 1. The van der Waals surface area contributed by atoms with Crippen molar-refractivity contribution in [1.82, 2.24) is 15.2 Å². The molecule has 0 radical (unpaired) electrons. The number of hydrogen-bond donors (Lipinski definition) is 2. The van der Waals surface area contributed by atoms with Gasteiger partial charge in [0.15, 0.2) is 0 Å². The molecule has 7 heteroatoms. The number of aryl methyl sites for hydroxylation is 2. The first-order chi connectivity index (χ1) is 15.6. The number of amides is 1. The van der Waals surface area contributed by atoms with Crippen LogP contribution in [0.4, 0.5) is 5.69 Å². The second kappa shape index (κ2) is 10.6. The Bertz CT molecular complexity index is 1050. The first kappa shape index (κ1) is 25.1. The standard InChI is InChI=1S/C26H39BN4O2/c1-7-31(21-10-8-20(9-11-21)30(5)6)24-14-19(27)13-22(18(24)4)25(32)28-15-23-16(2)12-17(3)29-26(23)33/h12-14,20-21H,7-11,15,27H2,1-6H3,(H,28,32)(H,29,33)/t20-,21-. The summed E-state index contributed by atoms with van der Waals surface area (Å²) in [6, 6.07) is 7.26. The van der Waals surface area contributed by atoms with Gasteiger partial charge in [-0.1, -0.05) is 11.5 Å². The van der Waals surface area contributed by atoms with E-state index in [9.17, 15) is 9.59 Å². The van der Waals surface area contributed by atoms with Gasteiger partial charge in [0.05, 0.1) is 0 Å². The van der Waals surface area contributed by atoms with E-state index in [4.69, 9.17) is 0 Å². The Morgan fingerprint density at radius 2 is 1.73 bits per heavy atom. The lowest BCUT2D eigenvalue weighted by atomic mass is 9.87. The minimum atomic E-state index is -0.139. The van der Waals surface area contributed by atoms with Gasteiger partial charge in [-0.2, -0.15) is 0 Å². The minimum absolute atomic E-state index is 0.135. The fraction of sp³-hybridized carbons (Fsp3) is 0.538. The highest BCUT2D eigenvalue weighted by Crippen LogP contribution is 2.31. The van der Waals surface area contributed by atoms with Gasteiger partial charge in [0.2, 0.25) is 0 Å². The molecule has 0 atom stereocenters. The highest BCUT2D eigenvalue weighted by Gasteiger charge is 2.28. The molecule has 1 saturated carbocycles. The third-order valence-electron chi connectivity index (χ3n) is 7.18. The fourth-order valence-corrected chi connectivity index (χ4v) is 5.25. The Labute approximate surface area is 199 Å². The smallest absolute Gasteiger partial charge is 0.253 e. The average molecular weight is 450 g/mol. The molecule has 0 spiro atoms. The van der Waals surface area contributed by atoms with Crippen molar-refractivity contribution in [2.75, 3.05) is 25.5 Å². The summed E-state index contributed by atoms with van der Waals surface area (Å²) in [7, 11) is 6.39. The van der Waals surface area contributed by atoms with Gasteiger partial charge in [0.25, 0.3) is 11.5 Å². The zero-order valence-corrected chi connectivity index (χ0v) is 21.3. The van der Waals surface area contributed by atoms with E-state index in [0.29, 0.717) is 23.2 Å². The van der Waals surface area contributed by atoms with Crippen LogP contribution in [0.5, 0.6) is 0 Å². The lowest BCUT2D eigenvalue weighted by molar-refractivity contribution is 0.0950. The molecule has 33 heavy (non-hydrogen) atoms. The van der Waals surface area contributed by atoms with Crippen LogP contribution in [0.15, 0.2) is 23.0 Å². The summed E-state index contributed by atoms with van der Waals surface area (Å²) >= 11 is 0. The van der Waals surface area contributed by atoms with Crippen LogP contribution in [0.3, 0.4) is 0 Å². The predicted molar refractivity (Wildman–Crippen MR) is 140 cm³/mol. The van der Waals surface area contributed by atoms with Crippen LogP contribution in [0.25, 0.3) is 0 Å². The van der Waals surface area contributed by atoms with Gasteiger partial charge in [-0.05, 0) is 90.7 Å². The van der Waals surface area contributed by atoms with Gasteiger partial charge in [-0.3, -0.25) is 9.59 Å². The fourth-order valence-electron chi connectivity index (χ4n) is 5.25. The van der Waals surface area contributed by atoms with Crippen LogP contribution in [-0.4, -0.2) is 56.4 Å². The molecule has 1 fully saturated rings. The van der Waals surface area contributed by atoms with E-state index in [1.54, 1.807) is 0 Å². The van der Waals surface area contributed by atoms with Crippen LogP contribution < -0.4 is 21.2 Å². The molecule has 0 aliphatic heterocycles. The number of nitrogens with zero attached hydrogens (tertiary/aromatic N) is 2. The summed E-state index contributed by atoms with van der Waals surface area (Å²) in [5.41, 5.74) is 6.10. The number of benzene rings is 1. The lowest BCUT2D eigenvalue weighted by Gasteiger charge is -2.40. The Balaban J connectivity index is 1.81. The molecule has 0 unspecified atom stereocenters. The molecule has 1 aromatic carbocycles. The first-order valence-electron chi connectivity index (χ1n) is 12.1. The van der Waals surface area contributed by atoms with Crippen molar-refractivity contribution in [3.63, 3.8) is 0 Å². The number of carbonyl (C=O) groups excluding carboxylic acids is 1. The van der Waals surface area contributed by atoms with Gasteiger partial charge >= 0.3 is 0 Å². The molecule has 1 heterocycles. The van der Waals surface area contributed by atoms with Crippen molar-refractivity contribution >= 4 is 24.9 Å². The summed E-state index contributed by atoms with van der Waals surface area (Å²) in [5.74, 6) is -0.135. The van der Waals surface area contributed by atoms with Crippen LogP contribution >= 0.6 is 0 Å². The highest BCUT2D eigenvalue weighted by atomic mass is 16.1. The van der Waals surface area contributed by atoms with Crippen molar-refractivity contribution in [2.24, 2.45) is 0 Å². The van der Waals surface area contributed by atoms with E-state index in [0.717, 1.165) is 34.5 Å². The summed E-state index contributed by atoms with van der Waals surface area (Å²) in [5, 5.41) is 2.98. The minimum Gasteiger partial charge on any atom is -0.369 e. The number of aromatic amines is 1. The molecule has 1 amide bonds. The second-order valence-corrected chi connectivity index (χ2v) is 9.79. The molecule has 0 bridgehead atoms.